The molecule has 1 saturated heterocycles. The highest BCUT2D eigenvalue weighted by Gasteiger charge is 2.51. The zero-order chi connectivity index (χ0) is 19.7. The van der Waals surface area contributed by atoms with Gasteiger partial charge in [-0.1, -0.05) is 18.2 Å². The Hall–Kier alpha value is -2.57. The highest BCUT2D eigenvalue weighted by atomic mass is 16.6. The maximum absolute atomic E-state index is 13.0. The van der Waals surface area contributed by atoms with Crippen LogP contribution in [0, 0.1) is 11.8 Å². The molecule has 1 aliphatic carbocycles. The summed E-state index contributed by atoms with van der Waals surface area (Å²) in [4.78, 5) is 42.9. The molecule has 0 spiro atoms. The van der Waals surface area contributed by atoms with Gasteiger partial charge in [-0.25, -0.2) is 4.79 Å². The number of hydrogen-bond acceptors (Lipinski definition) is 4. The van der Waals surface area contributed by atoms with Gasteiger partial charge in [0.25, 0.3) is 0 Å². The fourth-order valence-corrected chi connectivity index (χ4v) is 4.26. The predicted molar refractivity (Wildman–Crippen MR) is 104 cm³/mol. The minimum absolute atomic E-state index is 0.0483. The van der Waals surface area contributed by atoms with E-state index in [-0.39, 0.29) is 29.7 Å². The van der Waals surface area contributed by atoms with E-state index in [4.69, 9.17) is 4.74 Å². The second-order valence-electron chi connectivity index (χ2n) is 7.68. The van der Waals surface area contributed by atoms with Crippen LogP contribution in [0.5, 0.6) is 0 Å². The van der Waals surface area contributed by atoms with E-state index in [1.54, 1.807) is 16.7 Å². The van der Waals surface area contributed by atoms with Gasteiger partial charge in [-0.05, 0) is 37.8 Å². The van der Waals surface area contributed by atoms with Gasteiger partial charge in [-0.15, -0.1) is 0 Å². The summed E-state index contributed by atoms with van der Waals surface area (Å²) in [5.74, 6) is -0.291. The Bertz CT molecular complexity index is 773. The molecule has 3 aliphatic rings. The molecule has 4 rings (SSSR count). The molecule has 2 aliphatic heterocycles. The average molecular weight is 385 g/mol. The summed E-state index contributed by atoms with van der Waals surface area (Å²) in [6.45, 7) is 4.83. The van der Waals surface area contributed by atoms with Crippen LogP contribution >= 0.6 is 0 Å². The number of piperazine rings is 1. The van der Waals surface area contributed by atoms with Crippen LogP contribution in [-0.4, -0.2) is 67.0 Å². The predicted octanol–water partition coefficient (Wildman–Crippen LogP) is 1.90. The van der Waals surface area contributed by atoms with Crippen LogP contribution in [0.25, 0.3) is 0 Å². The maximum Gasteiger partial charge on any atom is 0.409 e. The number of fused-ring (bicyclic) bond motifs is 1. The monoisotopic (exact) mass is 385 g/mol. The topological polar surface area (TPSA) is 70.2 Å². The molecule has 28 heavy (non-hydrogen) atoms. The smallest absolute Gasteiger partial charge is 0.409 e. The Morgan fingerprint density at radius 2 is 1.64 bits per heavy atom. The third kappa shape index (κ3) is 3.57. The minimum Gasteiger partial charge on any atom is -0.450 e. The van der Waals surface area contributed by atoms with E-state index in [0.717, 1.165) is 25.1 Å². The van der Waals surface area contributed by atoms with Crippen molar-refractivity contribution in [3.05, 3.63) is 29.8 Å². The maximum atomic E-state index is 13.0. The number of ether oxygens (including phenoxy) is 1. The number of rotatable bonds is 3. The number of para-hydroxylation sites is 1. The molecule has 2 atom stereocenters. The van der Waals surface area contributed by atoms with Crippen LogP contribution in [0.15, 0.2) is 24.3 Å². The summed E-state index contributed by atoms with van der Waals surface area (Å²) < 4.78 is 5.01. The van der Waals surface area contributed by atoms with Crippen LogP contribution in [0.3, 0.4) is 0 Å². The van der Waals surface area contributed by atoms with Gasteiger partial charge in [-0.3, -0.25) is 9.59 Å². The highest BCUT2D eigenvalue weighted by Crippen LogP contribution is 2.43. The van der Waals surface area contributed by atoms with Crippen molar-refractivity contribution in [3.8, 4) is 0 Å². The third-order valence-electron chi connectivity index (χ3n) is 5.92. The highest BCUT2D eigenvalue weighted by molar-refractivity contribution is 6.01. The molecule has 2 fully saturated rings. The van der Waals surface area contributed by atoms with Gasteiger partial charge in [0.05, 0.1) is 18.4 Å². The molecule has 150 valence electrons. The molecule has 1 aromatic rings. The first kappa shape index (κ1) is 18.8. The van der Waals surface area contributed by atoms with E-state index in [9.17, 15) is 14.4 Å². The molecule has 2 heterocycles. The van der Waals surface area contributed by atoms with Crippen molar-refractivity contribution in [2.45, 2.75) is 26.2 Å². The van der Waals surface area contributed by atoms with Crippen molar-refractivity contribution in [2.75, 3.05) is 44.2 Å². The summed E-state index contributed by atoms with van der Waals surface area (Å²) >= 11 is 0. The Morgan fingerprint density at radius 1 is 0.964 bits per heavy atom. The fourth-order valence-electron chi connectivity index (χ4n) is 4.26. The molecule has 0 radical (unpaired) electrons. The van der Waals surface area contributed by atoms with Gasteiger partial charge < -0.3 is 19.4 Å². The second-order valence-corrected chi connectivity index (χ2v) is 7.68. The van der Waals surface area contributed by atoms with E-state index >= 15 is 0 Å². The van der Waals surface area contributed by atoms with Crippen molar-refractivity contribution in [1.29, 1.82) is 0 Å². The van der Waals surface area contributed by atoms with Gasteiger partial charge in [0.1, 0.15) is 0 Å². The van der Waals surface area contributed by atoms with Crippen LogP contribution in [0.2, 0.25) is 0 Å². The van der Waals surface area contributed by atoms with Gasteiger partial charge in [0.15, 0.2) is 0 Å². The van der Waals surface area contributed by atoms with Crippen molar-refractivity contribution in [3.63, 3.8) is 0 Å². The molecule has 3 amide bonds. The van der Waals surface area contributed by atoms with E-state index in [1.807, 2.05) is 23.1 Å². The van der Waals surface area contributed by atoms with Crippen LogP contribution in [0.1, 0.15) is 25.3 Å². The molecule has 2 unspecified atom stereocenters. The number of aryl methyl sites for hydroxylation is 1. The lowest BCUT2D eigenvalue weighted by Crippen LogP contribution is -2.51. The first-order valence-electron chi connectivity index (χ1n) is 10.2. The lowest BCUT2D eigenvalue weighted by molar-refractivity contribution is -0.135. The van der Waals surface area contributed by atoms with Crippen molar-refractivity contribution in [2.24, 2.45) is 11.8 Å². The normalized spacial score (nSPS) is 23.8. The minimum atomic E-state index is -0.321. The van der Waals surface area contributed by atoms with E-state index in [2.05, 4.69) is 6.07 Å². The van der Waals surface area contributed by atoms with Crippen LogP contribution in [0.4, 0.5) is 10.5 Å². The second kappa shape index (κ2) is 7.81. The summed E-state index contributed by atoms with van der Waals surface area (Å²) in [6.07, 6.45) is 2.27. The van der Waals surface area contributed by atoms with Gasteiger partial charge in [-0.2, -0.15) is 0 Å². The number of benzene rings is 1. The SMILES string of the molecule is CCOC(=O)N1CCN(C(=O)C2CC2C(=O)N2CCCc3ccccc32)CC1. The van der Waals surface area contributed by atoms with Crippen LogP contribution in [-0.2, 0) is 20.7 Å². The Balaban J connectivity index is 1.33. The first-order valence-corrected chi connectivity index (χ1v) is 10.2. The van der Waals surface area contributed by atoms with E-state index < -0.39 is 0 Å². The van der Waals surface area contributed by atoms with Crippen molar-refractivity contribution >= 4 is 23.6 Å². The van der Waals surface area contributed by atoms with Gasteiger partial charge >= 0.3 is 6.09 Å². The zero-order valence-electron chi connectivity index (χ0n) is 16.3. The Labute approximate surface area is 165 Å². The fraction of sp³-hybridized carbons (Fsp3) is 0.571. The Kier molecular flexibility index (Phi) is 5.24. The molecule has 0 aromatic heterocycles. The summed E-state index contributed by atoms with van der Waals surface area (Å²) in [6, 6.07) is 8.04. The van der Waals surface area contributed by atoms with Crippen molar-refractivity contribution in [1.82, 2.24) is 9.80 Å². The zero-order valence-corrected chi connectivity index (χ0v) is 16.3. The largest absolute Gasteiger partial charge is 0.450 e. The number of anilines is 1. The average Bonchev–Trinajstić information content (AvgIpc) is 3.53. The quantitative estimate of drug-likeness (QED) is 0.797. The summed E-state index contributed by atoms with van der Waals surface area (Å²) in [7, 11) is 0. The molecular weight excluding hydrogens is 358 g/mol. The lowest BCUT2D eigenvalue weighted by atomic mass is 10.0. The number of hydrogen-bond donors (Lipinski definition) is 0. The lowest BCUT2D eigenvalue weighted by Gasteiger charge is -2.34. The molecule has 0 N–H and O–H groups in total. The van der Waals surface area contributed by atoms with E-state index in [1.165, 1.54) is 5.56 Å². The van der Waals surface area contributed by atoms with Gasteiger partial charge in [0, 0.05) is 38.4 Å². The molecule has 7 heteroatoms. The van der Waals surface area contributed by atoms with E-state index in [0.29, 0.717) is 39.2 Å². The van der Waals surface area contributed by atoms with Crippen LogP contribution < -0.4 is 4.90 Å². The number of nitrogens with zero attached hydrogens (tertiary/aromatic N) is 3. The number of amides is 3. The molecule has 1 saturated carbocycles. The molecule has 7 nitrogen and oxygen atoms in total. The standard InChI is InChI=1S/C21H27N3O4/c1-2-28-21(27)23-12-10-22(11-13-23)19(25)16-14-17(16)20(26)24-9-5-7-15-6-3-4-8-18(15)24/h3-4,6,8,16-17H,2,5,7,9-14H2,1H3. The Morgan fingerprint density at radius 3 is 2.39 bits per heavy atom. The number of carbonyl (C=O) groups is 3. The first-order chi connectivity index (χ1) is 13.6. The summed E-state index contributed by atoms with van der Waals surface area (Å²) in [5.41, 5.74) is 2.21. The molecule has 1 aromatic carbocycles. The third-order valence-corrected chi connectivity index (χ3v) is 5.92. The number of carbonyl (C=O) groups excluding carboxylic acids is 3. The van der Waals surface area contributed by atoms with Gasteiger partial charge in [0.2, 0.25) is 11.8 Å². The summed E-state index contributed by atoms with van der Waals surface area (Å²) in [5, 5.41) is 0. The molecule has 0 bridgehead atoms. The molecular formula is C21H27N3O4. The van der Waals surface area contributed by atoms with Crippen molar-refractivity contribution < 1.29 is 19.1 Å².